The minimum atomic E-state index is 0.519. The summed E-state index contributed by atoms with van der Waals surface area (Å²) in [6.45, 7) is 5.42. The number of rotatable bonds is 4. The van der Waals surface area contributed by atoms with E-state index in [-0.39, 0.29) is 0 Å². The Kier molecular flexibility index (Phi) is 4.88. The predicted molar refractivity (Wildman–Crippen MR) is 98.8 cm³/mol. The second-order valence-electron chi connectivity index (χ2n) is 6.97. The third-order valence-corrected chi connectivity index (χ3v) is 5.43. The molecule has 5 heteroatoms. The molecule has 0 aliphatic carbocycles. The number of pyridine rings is 1. The molecule has 1 aromatic carbocycles. The zero-order valence-electron chi connectivity index (χ0n) is 13.9. The Morgan fingerprint density at radius 2 is 2.08 bits per heavy atom. The first-order chi connectivity index (χ1) is 11.8. The summed E-state index contributed by atoms with van der Waals surface area (Å²) in [7, 11) is 0. The lowest BCUT2D eigenvalue weighted by molar-refractivity contribution is 0.154. The molecular formula is C19H24ClN3O. The molecule has 2 saturated heterocycles. The van der Waals surface area contributed by atoms with Crippen molar-refractivity contribution in [1.82, 2.24) is 9.88 Å². The van der Waals surface area contributed by atoms with Crippen LogP contribution in [-0.4, -0.2) is 48.8 Å². The summed E-state index contributed by atoms with van der Waals surface area (Å²) >= 11 is 6.16. The van der Waals surface area contributed by atoms with Gasteiger partial charge in [0.1, 0.15) is 0 Å². The molecule has 3 heterocycles. The first-order valence-electron chi connectivity index (χ1n) is 8.89. The maximum absolute atomic E-state index is 6.16. The lowest BCUT2D eigenvalue weighted by Crippen LogP contribution is -2.41. The van der Waals surface area contributed by atoms with Crippen molar-refractivity contribution in [3.8, 4) is 0 Å². The van der Waals surface area contributed by atoms with Gasteiger partial charge in [0.15, 0.2) is 0 Å². The summed E-state index contributed by atoms with van der Waals surface area (Å²) in [5.41, 5.74) is 2.13. The summed E-state index contributed by atoms with van der Waals surface area (Å²) < 4.78 is 5.49. The minimum Gasteiger partial charge on any atom is -0.382 e. The van der Waals surface area contributed by atoms with Gasteiger partial charge in [0, 0.05) is 54.6 Å². The quantitative estimate of drug-likeness (QED) is 0.914. The molecule has 0 saturated carbocycles. The van der Waals surface area contributed by atoms with Gasteiger partial charge in [-0.15, -0.1) is 0 Å². The number of anilines is 1. The summed E-state index contributed by atoms with van der Waals surface area (Å²) in [4.78, 5) is 7.02. The molecule has 128 valence electrons. The molecule has 1 aromatic heterocycles. The van der Waals surface area contributed by atoms with Crippen LogP contribution in [0, 0.1) is 5.92 Å². The largest absolute Gasteiger partial charge is 0.382 e. The number of fused-ring (bicyclic) bond motifs is 1. The molecule has 24 heavy (non-hydrogen) atoms. The van der Waals surface area contributed by atoms with Crippen molar-refractivity contribution in [3.05, 3.63) is 35.5 Å². The highest BCUT2D eigenvalue weighted by atomic mass is 35.5. The van der Waals surface area contributed by atoms with Crippen LogP contribution in [0.3, 0.4) is 0 Å². The Balaban J connectivity index is 1.37. The topological polar surface area (TPSA) is 37.4 Å². The van der Waals surface area contributed by atoms with Crippen molar-refractivity contribution < 1.29 is 4.74 Å². The van der Waals surface area contributed by atoms with Crippen LogP contribution in [0.1, 0.15) is 19.3 Å². The zero-order valence-corrected chi connectivity index (χ0v) is 14.6. The van der Waals surface area contributed by atoms with E-state index in [4.69, 9.17) is 16.3 Å². The van der Waals surface area contributed by atoms with Crippen LogP contribution in [0.4, 0.5) is 5.69 Å². The Morgan fingerprint density at radius 1 is 1.21 bits per heavy atom. The van der Waals surface area contributed by atoms with Crippen molar-refractivity contribution in [2.75, 3.05) is 38.2 Å². The molecule has 1 atom stereocenters. The standard InChI is InChI=1S/C19H24ClN3O/c20-15-1-2-18-17(11-15)19(3-7-21-18)22-16-4-8-23(9-5-16)12-14-6-10-24-13-14/h1-3,7,11,14,16H,4-6,8-10,12-13H2,(H,21,22). The number of nitrogens with one attached hydrogen (secondary N) is 1. The first-order valence-corrected chi connectivity index (χ1v) is 9.26. The molecule has 1 unspecified atom stereocenters. The monoisotopic (exact) mass is 345 g/mol. The van der Waals surface area contributed by atoms with E-state index in [1.54, 1.807) is 0 Å². The third-order valence-electron chi connectivity index (χ3n) is 5.19. The van der Waals surface area contributed by atoms with Gasteiger partial charge in [0.2, 0.25) is 0 Å². The lowest BCUT2D eigenvalue weighted by atomic mass is 10.0. The van der Waals surface area contributed by atoms with E-state index in [9.17, 15) is 0 Å². The number of piperidine rings is 1. The number of likely N-dealkylation sites (tertiary alicyclic amines) is 1. The second-order valence-corrected chi connectivity index (χ2v) is 7.41. The molecule has 4 rings (SSSR count). The number of hydrogen-bond donors (Lipinski definition) is 1. The van der Waals surface area contributed by atoms with Crippen LogP contribution < -0.4 is 5.32 Å². The predicted octanol–water partition coefficient (Wildman–Crippen LogP) is 3.80. The molecule has 1 N–H and O–H groups in total. The summed E-state index contributed by atoms with van der Waals surface area (Å²) in [5.74, 6) is 0.737. The molecule has 4 nitrogen and oxygen atoms in total. The van der Waals surface area contributed by atoms with Crippen LogP contribution in [0.5, 0.6) is 0 Å². The Morgan fingerprint density at radius 3 is 2.88 bits per heavy atom. The normalized spacial score (nSPS) is 23.0. The number of aromatic nitrogens is 1. The summed E-state index contributed by atoms with van der Waals surface area (Å²) in [6.07, 6.45) is 5.45. The zero-order chi connectivity index (χ0) is 16.4. The number of ether oxygens (including phenoxy) is 1. The van der Waals surface area contributed by atoms with E-state index < -0.39 is 0 Å². The number of benzene rings is 1. The van der Waals surface area contributed by atoms with Crippen LogP contribution in [0.15, 0.2) is 30.5 Å². The van der Waals surface area contributed by atoms with Gasteiger partial charge in [-0.05, 0) is 49.4 Å². The van der Waals surface area contributed by atoms with E-state index in [0.29, 0.717) is 6.04 Å². The molecular weight excluding hydrogens is 322 g/mol. The summed E-state index contributed by atoms with van der Waals surface area (Å²) in [5, 5.41) is 5.58. The lowest BCUT2D eigenvalue weighted by Gasteiger charge is -2.34. The van der Waals surface area contributed by atoms with E-state index in [1.165, 1.54) is 25.8 Å². The van der Waals surface area contributed by atoms with Crippen molar-refractivity contribution in [2.45, 2.75) is 25.3 Å². The summed E-state index contributed by atoms with van der Waals surface area (Å²) in [6, 6.07) is 8.45. The molecule has 0 radical (unpaired) electrons. The molecule has 2 fully saturated rings. The maximum Gasteiger partial charge on any atom is 0.0723 e. The van der Waals surface area contributed by atoms with Gasteiger partial charge in [-0.2, -0.15) is 0 Å². The number of nitrogens with zero attached hydrogens (tertiary/aromatic N) is 2. The second kappa shape index (κ2) is 7.26. The van der Waals surface area contributed by atoms with Crippen LogP contribution in [-0.2, 0) is 4.74 Å². The molecule has 2 aliphatic heterocycles. The van der Waals surface area contributed by atoms with E-state index in [1.807, 2.05) is 24.4 Å². The number of hydrogen-bond acceptors (Lipinski definition) is 4. The van der Waals surface area contributed by atoms with Crippen LogP contribution in [0.2, 0.25) is 5.02 Å². The Bertz CT molecular complexity index is 694. The molecule has 0 spiro atoms. The molecule has 2 aliphatic rings. The smallest absolute Gasteiger partial charge is 0.0723 e. The molecule has 0 amide bonds. The van der Waals surface area contributed by atoms with Gasteiger partial charge in [0.05, 0.1) is 12.1 Å². The van der Waals surface area contributed by atoms with Gasteiger partial charge in [-0.25, -0.2) is 0 Å². The van der Waals surface area contributed by atoms with E-state index >= 15 is 0 Å². The van der Waals surface area contributed by atoms with Gasteiger partial charge in [-0.3, -0.25) is 4.98 Å². The van der Waals surface area contributed by atoms with Crippen molar-refractivity contribution >= 4 is 28.2 Å². The molecule has 2 aromatic rings. The highest BCUT2D eigenvalue weighted by Crippen LogP contribution is 2.27. The van der Waals surface area contributed by atoms with Crippen molar-refractivity contribution in [3.63, 3.8) is 0 Å². The van der Waals surface area contributed by atoms with Gasteiger partial charge in [-0.1, -0.05) is 11.6 Å². The fourth-order valence-corrected chi connectivity index (χ4v) is 3.99. The van der Waals surface area contributed by atoms with Crippen molar-refractivity contribution in [1.29, 1.82) is 0 Å². The van der Waals surface area contributed by atoms with E-state index in [0.717, 1.165) is 53.8 Å². The average Bonchev–Trinajstić information content (AvgIpc) is 3.10. The SMILES string of the molecule is Clc1ccc2nccc(NC3CCN(CC4CCOC4)CC3)c2c1. The van der Waals surface area contributed by atoms with Gasteiger partial charge in [0.25, 0.3) is 0 Å². The Hall–Kier alpha value is -1.36. The van der Waals surface area contributed by atoms with Crippen molar-refractivity contribution in [2.24, 2.45) is 5.92 Å². The Labute approximate surface area is 148 Å². The highest BCUT2D eigenvalue weighted by molar-refractivity contribution is 6.31. The minimum absolute atomic E-state index is 0.519. The fourth-order valence-electron chi connectivity index (χ4n) is 3.82. The number of halogens is 1. The van der Waals surface area contributed by atoms with Crippen LogP contribution >= 0.6 is 11.6 Å². The average molecular weight is 346 g/mol. The fraction of sp³-hybridized carbons (Fsp3) is 0.526. The highest BCUT2D eigenvalue weighted by Gasteiger charge is 2.24. The van der Waals surface area contributed by atoms with Crippen LogP contribution in [0.25, 0.3) is 10.9 Å². The van der Waals surface area contributed by atoms with Gasteiger partial charge >= 0.3 is 0 Å². The molecule has 0 bridgehead atoms. The first kappa shape index (κ1) is 16.1. The third kappa shape index (κ3) is 3.66. The van der Waals surface area contributed by atoms with E-state index in [2.05, 4.69) is 21.3 Å². The van der Waals surface area contributed by atoms with Gasteiger partial charge < -0.3 is 15.0 Å². The maximum atomic E-state index is 6.16.